The number of aryl methyl sites for hydroxylation is 2. The number of carbonyl (C=O) groups is 1. The van der Waals surface area contributed by atoms with Crippen LogP contribution in [0, 0.1) is 6.92 Å². The molecular formula is C23H31NO3. The molecule has 2 aromatic carbocycles. The van der Waals surface area contributed by atoms with Crippen molar-refractivity contribution in [2.75, 3.05) is 6.54 Å². The van der Waals surface area contributed by atoms with E-state index < -0.39 is 6.10 Å². The maximum Gasteiger partial charge on any atom is 0.261 e. The van der Waals surface area contributed by atoms with E-state index in [0.717, 1.165) is 24.3 Å². The van der Waals surface area contributed by atoms with Gasteiger partial charge in [-0.25, -0.2) is 0 Å². The average Bonchev–Trinajstić information content (AvgIpc) is 2.65. The molecule has 0 radical (unpaired) electrons. The fourth-order valence-corrected chi connectivity index (χ4v) is 2.73. The van der Waals surface area contributed by atoms with Crippen LogP contribution in [-0.2, 0) is 11.2 Å². The number of carbonyl (C=O) groups excluding carboxylic acids is 1. The van der Waals surface area contributed by atoms with Crippen LogP contribution in [0.15, 0.2) is 48.5 Å². The predicted molar refractivity (Wildman–Crippen MR) is 109 cm³/mol. The molecule has 146 valence electrons. The molecule has 1 amide bonds. The Morgan fingerprint density at radius 1 is 0.963 bits per heavy atom. The average molecular weight is 370 g/mol. The lowest BCUT2D eigenvalue weighted by Crippen LogP contribution is -2.38. The van der Waals surface area contributed by atoms with Crippen LogP contribution >= 0.6 is 0 Å². The number of rotatable bonds is 10. The Balaban J connectivity index is 1.73. The van der Waals surface area contributed by atoms with Gasteiger partial charge in [-0.2, -0.15) is 0 Å². The summed E-state index contributed by atoms with van der Waals surface area (Å²) in [4.78, 5) is 12.4. The number of ether oxygens (including phenoxy) is 2. The molecule has 1 N–H and O–H groups in total. The molecule has 0 heterocycles. The Labute approximate surface area is 162 Å². The lowest BCUT2D eigenvalue weighted by molar-refractivity contribution is -0.128. The minimum Gasteiger partial charge on any atom is -0.491 e. The van der Waals surface area contributed by atoms with Gasteiger partial charge < -0.3 is 14.8 Å². The van der Waals surface area contributed by atoms with Crippen molar-refractivity contribution in [2.24, 2.45) is 0 Å². The van der Waals surface area contributed by atoms with Crippen LogP contribution in [-0.4, -0.2) is 24.7 Å². The molecule has 0 fully saturated rings. The molecule has 2 aromatic rings. The summed E-state index contributed by atoms with van der Waals surface area (Å²) in [5, 5.41) is 2.98. The van der Waals surface area contributed by atoms with E-state index in [1.54, 1.807) is 0 Å². The van der Waals surface area contributed by atoms with Gasteiger partial charge in [-0.15, -0.1) is 0 Å². The quantitative estimate of drug-likeness (QED) is 0.618. The highest BCUT2D eigenvalue weighted by molar-refractivity contribution is 5.81. The van der Waals surface area contributed by atoms with Crippen LogP contribution in [0.1, 0.15) is 44.7 Å². The Morgan fingerprint density at radius 2 is 1.56 bits per heavy atom. The van der Waals surface area contributed by atoms with Gasteiger partial charge >= 0.3 is 0 Å². The molecule has 4 nitrogen and oxygen atoms in total. The van der Waals surface area contributed by atoms with Crippen molar-refractivity contribution in [3.8, 4) is 11.5 Å². The third-order valence-electron chi connectivity index (χ3n) is 4.20. The number of amides is 1. The molecule has 0 aliphatic rings. The molecule has 2 rings (SSSR count). The molecule has 0 saturated heterocycles. The van der Waals surface area contributed by atoms with Crippen molar-refractivity contribution in [1.82, 2.24) is 5.32 Å². The molecular weight excluding hydrogens is 338 g/mol. The Hall–Kier alpha value is -2.49. The van der Waals surface area contributed by atoms with Crippen LogP contribution in [0.5, 0.6) is 11.5 Å². The number of benzene rings is 2. The van der Waals surface area contributed by atoms with Gasteiger partial charge in [-0.3, -0.25) is 4.79 Å². The zero-order chi connectivity index (χ0) is 19.6. The van der Waals surface area contributed by atoms with Gasteiger partial charge in [0.1, 0.15) is 11.5 Å². The highest BCUT2D eigenvalue weighted by Gasteiger charge is 2.17. The van der Waals surface area contributed by atoms with Crippen LogP contribution in [0.3, 0.4) is 0 Å². The van der Waals surface area contributed by atoms with Gasteiger partial charge in [-0.1, -0.05) is 36.8 Å². The maximum absolute atomic E-state index is 12.4. The largest absolute Gasteiger partial charge is 0.491 e. The van der Waals surface area contributed by atoms with Crippen molar-refractivity contribution in [2.45, 2.75) is 59.2 Å². The second-order valence-electron chi connectivity index (χ2n) is 7.03. The normalized spacial score (nSPS) is 11.9. The smallest absolute Gasteiger partial charge is 0.261 e. The number of hydrogen-bond acceptors (Lipinski definition) is 3. The molecule has 0 unspecified atom stereocenters. The van der Waals surface area contributed by atoms with Crippen molar-refractivity contribution in [3.05, 3.63) is 59.7 Å². The van der Waals surface area contributed by atoms with E-state index >= 15 is 0 Å². The summed E-state index contributed by atoms with van der Waals surface area (Å²) in [6.07, 6.45) is 2.16. The number of nitrogens with one attached hydrogen (secondary N) is 1. The van der Waals surface area contributed by atoms with Crippen molar-refractivity contribution < 1.29 is 14.3 Å². The fourth-order valence-electron chi connectivity index (χ4n) is 2.73. The van der Waals surface area contributed by atoms with Crippen molar-refractivity contribution >= 4 is 5.91 Å². The van der Waals surface area contributed by atoms with Gasteiger partial charge in [0.15, 0.2) is 6.10 Å². The fraction of sp³-hybridized carbons (Fsp3) is 0.435. The van der Waals surface area contributed by atoms with E-state index in [4.69, 9.17) is 9.47 Å². The molecule has 0 spiro atoms. The first-order chi connectivity index (χ1) is 13.0. The Morgan fingerprint density at radius 3 is 2.15 bits per heavy atom. The van der Waals surface area contributed by atoms with Crippen LogP contribution in [0.2, 0.25) is 0 Å². The van der Waals surface area contributed by atoms with Crippen LogP contribution < -0.4 is 14.8 Å². The van der Waals surface area contributed by atoms with Gasteiger partial charge in [0, 0.05) is 6.54 Å². The van der Waals surface area contributed by atoms with E-state index in [9.17, 15) is 4.79 Å². The number of hydrogen-bond donors (Lipinski definition) is 1. The van der Waals surface area contributed by atoms with E-state index in [-0.39, 0.29) is 12.0 Å². The molecule has 27 heavy (non-hydrogen) atoms. The summed E-state index contributed by atoms with van der Waals surface area (Å²) in [5.41, 5.74) is 2.41. The van der Waals surface area contributed by atoms with E-state index in [0.29, 0.717) is 13.0 Å². The molecule has 0 aliphatic heterocycles. The Bertz CT molecular complexity index is 693. The highest BCUT2D eigenvalue weighted by atomic mass is 16.5. The molecule has 0 saturated carbocycles. The Kier molecular flexibility index (Phi) is 8.18. The standard InChI is InChI=1S/C23H31NO3/c1-5-22(27-21-12-8-18(4)9-13-21)23(25)24-16-6-7-19-10-14-20(15-11-19)26-17(2)3/h8-15,17,22H,5-7,16H2,1-4H3,(H,24,25)/t22-/m0/s1. The summed E-state index contributed by atoms with van der Waals surface area (Å²) < 4.78 is 11.5. The summed E-state index contributed by atoms with van der Waals surface area (Å²) >= 11 is 0. The van der Waals surface area contributed by atoms with Gasteiger partial charge in [-0.05, 0) is 69.9 Å². The van der Waals surface area contributed by atoms with Crippen LogP contribution in [0.4, 0.5) is 0 Å². The second-order valence-corrected chi connectivity index (χ2v) is 7.03. The highest BCUT2D eigenvalue weighted by Crippen LogP contribution is 2.16. The summed E-state index contributed by atoms with van der Waals surface area (Å²) in [6, 6.07) is 15.9. The molecule has 4 heteroatoms. The van der Waals surface area contributed by atoms with Gasteiger partial charge in [0.2, 0.25) is 0 Å². The minimum atomic E-state index is -0.458. The molecule has 0 bridgehead atoms. The first kappa shape index (κ1) is 20.8. The van der Waals surface area contributed by atoms with Gasteiger partial charge in [0.05, 0.1) is 6.10 Å². The van der Waals surface area contributed by atoms with Crippen LogP contribution in [0.25, 0.3) is 0 Å². The monoisotopic (exact) mass is 369 g/mol. The zero-order valence-corrected chi connectivity index (χ0v) is 16.8. The SMILES string of the molecule is CC[C@H](Oc1ccc(C)cc1)C(=O)NCCCc1ccc(OC(C)C)cc1. The third kappa shape index (κ3) is 7.33. The lowest BCUT2D eigenvalue weighted by atomic mass is 10.1. The zero-order valence-electron chi connectivity index (χ0n) is 16.8. The van der Waals surface area contributed by atoms with Crippen molar-refractivity contribution in [1.29, 1.82) is 0 Å². The second kappa shape index (κ2) is 10.6. The van der Waals surface area contributed by atoms with E-state index in [1.165, 1.54) is 11.1 Å². The minimum absolute atomic E-state index is 0.0567. The summed E-state index contributed by atoms with van der Waals surface area (Å²) in [6.45, 7) is 8.65. The first-order valence-corrected chi connectivity index (χ1v) is 9.74. The first-order valence-electron chi connectivity index (χ1n) is 9.74. The molecule has 0 aromatic heterocycles. The van der Waals surface area contributed by atoms with Crippen molar-refractivity contribution in [3.63, 3.8) is 0 Å². The summed E-state index contributed by atoms with van der Waals surface area (Å²) in [7, 11) is 0. The predicted octanol–water partition coefficient (Wildman–Crippen LogP) is 4.69. The summed E-state index contributed by atoms with van der Waals surface area (Å²) in [5.74, 6) is 1.56. The molecule has 0 aliphatic carbocycles. The lowest BCUT2D eigenvalue weighted by Gasteiger charge is -2.17. The third-order valence-corrected chi connectivity index (χ3v) is 4.20. The maximum atomic E-state index is 12.4. The van der Waals surface area contributed by atoms with E-state index in [2.05, 4.69) is 17.4 Å². The van der Waals surface area contributed by atoms with E-state index in [1.807, 2.05) is 64.1 Å². The topological polar surface area (TPSA) is 47.6 Å². The van der Waals surface area contributed by atoms with Gasteiger partial charge in [0.25, 0.3) is 5.91 Å². The molecule has 1 atom stereocenters.